The summed E-state index contributed by atoms with van der Waals surface area (Å²) in [6.07, 6.45) is 4.58. The smallest absolute Gasteiger partial charge is 0.0567 e. The summed E-state index contributed by atoms with van der Waals surface area (Å²) in [4.78, 5) is 4.74. The average Bonchev–Trinajstić information content (AvgIpc) is 3.05. The zero-order chi connectivity index (χ0) is 13.7. The van der Waals surface area contributed by atoms with E-state index in [1.165, 1.54) is 31.6 Å². The maximum atomic E-state index is 9.17. The average molecular weight is 282 g/mol. The summed E-state index contributed by atoms with van der Waals surface area (Å²) in [6.45, 7) is 5.72. The van der Waals surface area contributed by atoms with Crippen molar-refractivity contribution in [2.45, 2.75) is 44.8 Å². The van der Waals surface area contributed by atoms with E-state index in [9.17, 15) is 5.11 Å². The second-order valence-corrected chi connectivity index (χ2v) is 6.46. The topological polar surface area (TPSA) is 26.7 Å². The van der Waals surface area contributed by atoms with Crippen molar-refractivity contribution in [3.63, 3.8) is 0 Å². The first-order valence-corrected chi connectivity index (χ1v) is 8.26. The number of hydrogen-bond donors (Lipinski definition) is 1. The van der Waals surface area contributed by atoms with E-state index in [-0.39, 0.29) is 6.10 Å². The number of piperidine rings is 1. The number of anilines is 1. The highest BCUT2D eigenvalue weighted by Crippen LogP contribution is 2.22. The molecule has 3 nitrogen and oxygen atoms in total. The lowest BCUT2D eigenvalue weighted by Crippen LogP contribution is -2.39. The third-order valence-corrected chi connectivity index (χ3v) is 4.83. The first-order chi connectivity index (χ1) is 9.16. The monoisotopic (exact) mass is 282 g/mol. The summed E-state index contributed by atoms with van der Waals surface area (Å²) in [5, 5.41) is 13.5. The molecule has 1 aromatic rings. The number of rotatable bonds is 1. The van der Waals surface area contributed by atoms with Gasteiger partial charge in [-0.05, 0) is 51.1 Å². The minimum absolute atomic E-state index is 0.0452. The standard InChI is InChI=1S/C8H11NS.C7H15NO/c1-2-5-9(4-1)8-3-6-10-7-8;1-6-5-7(9)3-4-8(6)2/h3,6-7H,1-2,4-5H2;6-7,9H,3-5H2,1-2H3. The van der Waals surface area contributed by atoms with Gasteiger partial charge in [-0.3, -0.25) is 0 Å². The van der Waals surface area contributed by atoms with Gasteiger partial charge in [0.2, 0.25) is 0 Å². The van der Waals surface area contributed by atoms with Crippen LogP contribution < -0.4 is 4.90 Å². The van der Waals surface area contributed by atoms with E-state index in [1.54, 1.807) is 11.3 Å². The Bertz CT molecular complexity index is 349. The molecule has 0 radical (unpaired) electrons. The predicted octanol–water partition coefficient (Wildman–Crippen LogP) is 2.81. The van der Waals surface area contributed by atoms with E-state index < -0.39 is 0 Å². The van der Waals surface area contributed by atoms with Gasteiger partial charge in [0.05, 0.1) is 6.10 Å². The predicted molar refractivity (Wildman–Crippen MR) is 83.1 cm³/mol. The van der Waals surface area contributed by atoms with Crippen LogP contribution >= 0.6 is 11.3 Å². The fourth-order valence-corrected chi connectivity index (χ4v) is 3.34. The van der Waals surface area contributed by atoms with Gasteiger partial charge < -0.3 is 14.9 Å². The molecule has 0 amide bonds. The molecule has 2 unspecified atom stereocenters. The summed E-state index contributed by atoms with van der Waals surface area (Å²) < 4.78 is 0. The summed E-state index contributed by atoms with van der Waals surface area (Å²) >= 11 is 1.78. The van der Waals surface area contributed by atoms with E-state index in [4.69, 9.17) is 0 Å². The summed E-state index contributed by atoms with van der Waals surface area (Å²) in [7, 11) is 2.11. The number of likely N-dealkylation sites (tertiary alicyclic amines) is 1. The van der Waals surface area contributed by atoms with Gasteiger partial charge in [-0.25, -0.2) is 0 Å². The summed E-state index contributed by atoms with van der Waals surface area (Å²) in [5.74, 6) is 0. The van der Waals surface area contributed by atoms with Crippen LogP contribution in [0.4, 0.5) is 5.69 Å². The molecule has 2 atom stereocenters. The van der Waals surface area contributed by atoms with Crippen LogP contribution in [0.25, 0.3) is 0 Å². The molecule has 1 N–H and O–H groups in total. The molecule has 2 aliphatic rings. The Morgan fingerprint density at radius 1 is 1.26 bits per heavy atom. The molecule has 1 aromatic heterocycles. The van der Waals surface area contributed by atoms with Gasteiger partial charge in [-0.1, -0.05) is 0 Å². The first-order valence-electron chi connectivity index (χ1n) is 7.32. The molecule has 2 fully saturated rings. The van der Waals surface area contributed by atoms with Crippen LogP contribution in [0.15, 0.2) is 16.8 Å². The molecule has 4 heteroatoms. The molecule has 0 aromatic carbocycles. The van der Waals surface area contributed by atoms with Crippen LogP contribution in [0, 0.1) is 0 Å². The Balaban J connectivity index is 0.000000141. The third-order valence-electron chi connectivity index (χ3n) is 4.16. The molecule has 0 bridgehead atoms. The fourth-order valence-electron chi connectivity index (χ4n) is 2.68. The van der Waals surface area contributed by atoms with Crippen LogP contribution in [-0.4, -0.2) is 48.8 Å². The molecule has 3 rings (SSSR count). The molecule has 108 valence electrons. The van der Waals surface area contributed by atoms with Gasteiger partial charge in [-0.15, -0.1) is 0 Å². The molecule has 2 saturated heterocycles. The molecule has 3 heterocycles. The highest BCUT2D eigenvalue weighted by molar-refractivity contribution is 7.08. The van der Waals surface area contributed by atoms with E-state index in [0.29, 0.717) is 6.04 Å². The highest BCUT2D eigenvalue weighted by atomic mass is 32.1. The molecule has 0 saturated carbocycles. The Kier molecular flexibility index (Phi) is 5.67. The lowest BCUT2D eigenvalue weighted by molar-refractivity contribution is 0.0624. The van der Waals surface area contributed by atoms with Gasteiger partial charge in [-0.2, -0.15) is 11.3 Å². The van der Waals surface area contributed by atoms with Gasteiger partial charge >= 0.3 is 0 Å². The minimum Gasteiger partial charge on any atom is -0.393 e. The Morgan fingerprint density at radius 2 is 2.00 bits per heavy atom. The van der Waals surface area contributed by atoms with E-state index >= 15 is 0 Å². The first kappa shape index (κ1) is 14.8. The Hall–Kier alpha value is -0.580. The normalized spacial score (nSPS) is 28.1. The highest BCUT2D eigenvalue weighted by Gasteiger charge is 2.20. The van der Waals surface area contributed by atoms with E-state index in [1.807, 2.05) is 0 Å². The van der Waals surface area contributed by atoms with Crippen molar-refractivity contribution in [3.8, 4) is 0 Å². The minimum atomic E-state index is -0.0452. The zero-order valence-electron chi connectivity index (χ0n) is 12.1. The maximum Gasteiger partial charge on any atom is 0.0567 e. The quantitative estimate of drug-likeness (QED) is 0.858. The molecule has 2 aliphatic heterocycles. The molecule has 19 heavy (non-hydrogen) atoms. The molecular formula is C15H26N2OS. The lowest BCUT2D eigenvalue weighted by Gasteiger charge is -2.32. The van der Waals surface area contributed by atoms with Crippen LogP contribution in [0.2, 0.25) is 0 Å². The maximum absolute atomic E-state index is 9.17. The number of hydrogen-bond acceptors (Lipinski definition) is 4. The summed E-state index contributed by atoms with van der Waals surface area (Å²) in [5.41, 5.74) is 1.42. The van der Waals surface area contributed by atoms with Crippen LogP contribution in [0.1, 0.15) is 32.6 Å². The van der Waals surface area contributed by atoms with Crippen LogP contribution in [-0.2, 0) is 0 Å². The van der Waals surface area contributed by atoms with Gasteiger partial charge in [0.25, 0.3) is 0 Å². The SMILES string of the molecule is CC1CC(O)CCN1C.c1cc(N2CCCC2)cs1. The van der Waals surface area contributed by atoms with Gasteiger partial charge in [0, 0.05) is 36.7 Å². The number of aliphatic hydroxyl groups is 1. The van der Waals surface area contributed by atoms with Crippen LogP contribution in [0.3, 0.4) is 0 Å². The van der Waals surface area contributed by atoms with E-state index in [0.717, 1.165) is 19.4 Å². The van der Waals surface area contributed by atoms with Crippen molar-refractivity contribution in [3.05, 3.63) is 16.8 Å². The van der Waals surface area contributed by atoms with Crippen molar-refractivity contribution >= 4 is 17.0 Å². The second-order valence-electron chi connectivity index (χ2n) is 5.68. The Morgan fingerprint density at radius 3 is 2.53 bits per heavy atom. The van der Waals surface area contributed by atoms with E-state index in [2.05, 4.69) is 40.6 Å². The number of aliphatic hydroxyl groups excluding tert-OH is 1. The lowest BCUT2D eigenvalue weighted by atomic mass is 10.0. The Labute approximate surface area is 120 Å². The zero-order valence-corrected chi connectivity index (χ0v) is 12.9. The molecule has 0 aliphatic carbocycles. The van der Waals surface area contributed by atoms with Crippen molar-refractivity contribution in [1.29, 1.82) is 0 Å². The van der Waals surface area contributed by atoms with Crippen LogP contribution in [0.5, 0.6) is 0 Å². The number of nitrogens with zero attached hydrogens (tertiary/aromatic N) is 2. The molecule has 0 spiro atoms. The largest absolute Gasteiger partial charge is 0.393 e. The number of thiophene rings is 1. The van der Waals surface area contributed by atoms with Crippen molar-refractivity contribution in [1.82, 2.24) is 4.90 Å². The van der Waals surface area contributed by atoms with Gasteiger partial charge in [0.1, 0.15) is 0 Å². The fraction of sp³-hybridized carbons (Fsp3) is 0.733. The summed E-state index contributed by atoms with van der Waals surface area (Å²) in [6, 6.07) is 2.77. The van der Waals surface area contributed by atoms with Gasteiger partial charge in [0.15, 0.2) is 0 Å². The van der Waals surface area contributed by atoms with Crippen molar-refractivity contribution < 1.29 is 5.11 Å². The van der Waals surface area contributed by atoms with Crippen molar-refractivity contribution in [2.24, 2.45) is 0 Å². The third kappa shape index (κ3) is 4.48. The second kappa shape index (κ2) is 7.27. The van der Waals surface area contributed by atoms with Crippen molar-refractivity contribution in [2.75, 3.05) is 31.6 Å². The molecular weight excluding hydrogens is 256 g/mol.